The summed E-state index contributed by atoms with van der Waals surface area (Å²) in [6.45, 7) is 0. The third kappa shape index (κ3) is 2.78. The van der Waals surface area contributed by atoms with Crippen LogP contribution in [0.25, 0.3) is 5.69 Å². The molecule has 1 unspecified atom stereocenters. The number of nitrogens with two attached hydrogens (primary N) is 1. The summed E-state index contributed by atoms with van der Waals surface area (Å²) in [6.07, 6.45) is 3.31. The van der Waals surface area contributed by atoms with Crippen LogP contribution in [-0.4, -0.2) is 20.0 Å². The molecule has 0 saturated heterocycles. The molecule has 0 saturated carbocycles. The molecule has 2 heterocycles. The van der Waals surface area contributed by atoms with Gasteiger partial charge in [0.2, 0.25) is 0 Å². The molecule has 0 spiro atoms. The average molecular weight is 301 g/mol. The molecule has 3 rings (SSSR count). The predicted molar refractivity (Wildman–Crippen MR) is 79.8 cm³/mol. The van der Waals surface area contributed by atoms with Crippen LogP contribution < -0.4 is 11.3 Å². The fourth-order valence-corrected chi connectivity index (χ4v) is 2.34. The van der Waals surface area contributed by atoms with E-state index in [-0.39, 0.29) is 6.04 Å². The zero-order chi connectivity index (χ0) is 14.7. The lowest BCUT2D eigenvalue weighted by Gasteiger charge is -2.17. The minimum Gasteiger partial charge on any atom is -0.271 e. The molecule has 3 N–H and O–H groups in total. The van der Waals surface area contributed by atoms with E-state index in [0.29, 0.717) is 5.15 Å². The molecule has 7 heteroatoms. The molecule has 0 amide bonds. The molecule has 0 aliphatic carbocycles. The highest BCUT2D eigenvalue weighted by Gasteiger charge is 2.19. The Hall–Kier alpha value is -2.28. The van der Waals surface area contributed by atoms with Gasteiger partial charge in [0, 0.05) is 6.20 Å². The fraction of sp³-hybridized carbons (Fsp3) is 0.0714. The van der Waals surface area contributed by atoms with Gasteiger partial charge in [0.1, 0.15) is 5.15 Å². The summed E-state index contributed by atoms with van der Waals surface area (Å²) >= 11 is 5.95. The molecule has 21 heavy (non-hydrogen) atoms. The molecule has 1 aromatic carbocycles. The van der Waals surface area contributed by atoms with Gasteiger partial charge in [-0.3, -0.25) is 5.84 Å². The molecule has 2 aromatic heterocycles. The van der Waals surface area contributed by atoms with Crippen LogP contribution in [0.3, 0.4) is 0 Å². The van der Waals surface area contributed by atoms with Crippen molar-refractivity contribution in [2.24, 2.45) is 5.84 Å². The van der Waals surface area contributed by atoms with Crippen LogP contribution in [0.2, 0.25) is 5.15 Å². The Bertz CT molecular complexity index is 727. The third-order valence-electron chi connectivity index (χ3n) is 3.12. The molecule has 0 fully saturated rings. The Morgan fingerprint density at radius 1 is 1.19 bits per heavy atom. The van der Waals surface area contributed by atoms with Crippen molar-refractivity contribution in [1.29, 1.82) is 0 Å². The van der Waals surface area contributed by atoms with Crippen LogP contribution in [0, 0.1) is 0 Å². The molecule has 0 aliphatic heterocycles. The quantitative estimate of drug-likeness (QED) is 0.437. The van der Waals surface area contributed by atoms with E-state index in [4.69, 9.17) is 17.4 Å². The highest BCUT2D eigenvalue weighted by atomic mass is 35.5. The zero-order valence-corrected chi connectivity index (χ0v) is 11.8. The van der Waals surface area contributed by atoms with Crippen molar-refractivity contribution >= 4 is 11.6 Å². The molecule has 0 bridgehead atoms. The number of nitrogens with one attached hydrogen (secondary N) is 1. The SMILES string of the molecule is NNC(c1ccnc(Cl)c1)c1cnnn1-c1ccccc1. The third-order valence-corrected chi connectivity index (χ3v) is 3.33. The van der Waals surface area contributed by atoms with E-state index in [1.54, 1.807) is 23.1 Å². The van der Waals surface area contributed by atoms with Crippen molar-refractivity contribution in [2.45, 2.75) is 6.04 Å². The highest BCUT2D eigenvalue weighted by Crippen LogP contribution is 2.23. The Balaban J connectivity index is 2.05. The minimum absolute atomic E-state index is 0.291. The first-order chi connectivity index (χ1) is 10.3. The fourth-order valence-electron chi connectivity index (χ4n) is 2.16. The van der Waals surface area contributed by atoms with Crippen molar-refractivity contribution in [3.05, 3.63) is 71.3 Å². The number of aromatic nitrogens is 4. The van der Waals surface area contributed by atoms with Gasteiger partial charge in [-0.15, -0.1) is 5.10 Å². The molecule has 1 atom stereocenters. The largest absolute Gasteiger partial charge is 0.271 e. The number of para-hydroxylation sites is 1. The van der Waals surface area contributed by atoms with Crippen LogP contribution in [0.1, 0.15) is 17.3 Å². The lowest BCUT2D eigenvalue weighted by atomic mass is 10.1. The monoisotopic (exact) mass is 300 g/mol. The summed E-state index contributed by atoms with van der Waals surface area (Å²) in [7, 11) is 0. The lowest BCUT2D eigenvalue weighted by molar-refractivity contribution is 0.595. The van der Waals surface area contributed by atoms with Gasteiger partial charge in [-0.2, -0.15) is 0 Å². The van der Waals surface area contributed by atoms with Gasteiger partial charge >= 0.3 is 0 Å². The van der Waals surface area contributed by atoms with E-state index in [1.807, 2.05) is 36.4 Å². The molecule has 0 aliphatic rings. The predicted octanol–water partition coefficient (Wildman–Crippen LogP) is 1.87. The molecule has 6 nitrogen and oxygen atoms in total. The van der Waals surface area contributed by atoms with Crippen LogP contribution in [0.5, 0.6) is 0 Å². The summed E-state index contributed by atoms with van der Waals surface area (Å²) in [6, 6.07) is 13.0. The first kappa shape index (κ1) is 13.7. The topological polar surface area (TPSA) is 81.7 Å². The molecular weight excluding hydrogens is 288 g/mol. The number of hydrazine groups is 1. The molecular formula is C14H13ClN6. The normalized spacial score (nSPS) is 12.3. The van der Waals surface area contributed by atoms with Crippen LogP contribution in [-0.2, 0) is 0 Å². The van der Waals surface area contributed by atoms with Crippen molar-refractivity contribution in [2.75, 3.05) is 0 Å². The van der Waals surface area contributed by atoms with Crippen LogP contribution in [0.4, 0.5) is 0 Å². The molecule has 0 radical (unpaired) electrons. The number of hydrogen-bond acceptors (Lipinski definition) is 5. The van der Waals surface area contributed by atoms with Gasteiger partial charge < -0.3 is 0 Å². The maximum absolute atomic E-state index is 5.95. The second kappa shape index (κ2) is 6.01. The van der Waals surface area contributed by atoms with Gasteiger partial charge in [0.15, 0.2) is 0 Å². The number of pyridine rings is 1. The van der Waals surface area contributed by atoms with Crippen molar-refractivity contribution < 1.29 is 0 Å². The summed E-state index contributed by atoms with van der Waals surface area (Å²) < 4.78 is 1.73. The maximum atomic E-state index is 5.95. The summed E-state index contributed by atoms with van der Waals surface area (Å²) in [5, 5.41) is 8.52. The average Bonchev–Trinajstić information content (AvgIpc) is 2.98. The van der Waals surface area contributed by atoms with Crippen molar-refractivity contribution in [3.8, 4) is 5.69 Å². The van der Waals surface area contributed by atoms with Crippen molar-refractivity contribution in [3.63, 3.8) is 0 Å². The van der Waals surface area contributed by atoms with E-state index in [1.165, 1.54) is 0 Å². The Morgan fingerprint density at radius 3 is 2.71 bits per heavy atom. The van der Waals surface area contributed by atoms with E-state index >= 15 is 0 Å². The van der Waals surface area contributed by atoms with Crippen LogP contribution in [0.15, 0.2) is 54.9 Å². The standard InChI is InChI=1S/C14H13ClN6/c15-13-8-10(6-7-17-13)14(19-16)12-9-18-20-21(12)11-4-2-1-3-5-11/h1-9,14,19H,16H2. The number of halogens is 1. The summed E-state index contributed by atoms with van der Waals surface area (Å²) in [5.41, 5.74) is 5.38. The zero-order valence-electron chi connectivity index (χ0n) is 11.0. The maximum Gasteiger partial charge on any atom is 0.129 e. The Labute approximate surface area is 126 Å². The number of nitrogens with zero attached hydrogens (tertiary/aromatic N) is 4. The van der Waals surface area contributed by atoms with Gasteiger partial charge in [-0.1, -0.05) is 35.0 Å². The van der Waals surface area contributed by atoms with Crippen molar-refractivity contribution in [1.82, 2.24) is 25.4 Å². The molecule has 3 aromatic rings. The summed E-state index contributed by atoms with van der Waals surface area (Å²) in [5.74, 6) is 5.71. The van der Waals surface area contributed by atoms with E-state index in [2.05, 4.69) is 20.7 Å². The second-order valence-electron chi connectivity index (χ2n) is 4.42. The Kier molecular flexibility index (Phi) is 3.92. The van der Waals surface area contributed by atoms with Crippen LogP contribution >= 0.6 is 11.6 Å². The first-order valence-corrected chi connectivity index (χ1v) is 6.71. The minimum atomic E-state index is -0.291. The van der Waals surface area contributed by atoms with E-state index in [0.717, 1.165) is 16.9 Å². The van der Waals surface area contributed by atoms with Gasteiger partial charge in [-0.05, 0) is 29.8 Å². The number of hydrogen-bond donors (Lipinski definition) is 2. The van der Waals surface area contributed by atoms with Gasteiger partial charge in [-0.25, -0.2) is 15.1 Å². The van der Waals surface area contributed by atoms with Gasteiger partial charge in [0.05, 0.1) is 23.6 Å². The van der Waals surface area contributed by atoms with Gasteiger partial charge in [0.25, 0.3) is 0 Å². The van der Waals surface area contributed by atoms with E-state index in [9.17, 15) is 0 Å². The highest BCUT2D eigenvalue weighted by molar-refractivity contribution is 6.29. The number of benzene rings is 1. The lowest BCUT2D eigenvalue weighted by Crippen LogP contribution is -2.30. The second-order valence-corrected chi connectivity index (χ2v) is 4.81. The Morgan fingerprint density at radius 2 is 2.00 bits per heavy atom. The smallest absolute Gasteiger partial charge is 0.129 e. The number of rotatable bonds is 4. The van der Waals surface area contributed by atoms with E-state index < -0.39 is 0 Å². The summed E-state index contributed by atoms with van der Waals surface area (Å²) in [4.78, 5) is 3.98. The molecule has 106 valence electrons. The first-order valence-electron chi connectivity index (χ1n) is 6.33.